The molecule has 0 aliphatic carbocycles. The van der Waals surface area contributed by atoms with E-state index in [0.29, 0.717) is 5.56 Å². The Labute approximate surface area is 94.1 Å². The highest BCUT2D eigenvalue weighted by Gasteiger charge is 2.18. The Bertz CT molecular complexity index is 547. The summed E-state index contributed by atoms with van der Waals surface area (Å²) in [5, 5.41) is 9.94. The van der Waals surface area contributed by atoms with Crippen LogP contribution in [0, 0.1) is 0 Å². The van der Waals surface area contributed by atoms with Gasteiger partial charge in [0.15, 0.2) is 0 Å². The number of aromatic carboxylic acids is 1. The molecule has 0 spiro atoms. The lowest BCUT2D eigenvalue weighted by molar-refractivity contribution is 0.0699. The largest absolute Gasteiger partial charge is 0.478 e. The first-order valence-corrected chi connectivity index (χ1v) is 5.24. The zero-order valence-corrected chi connectivity index (χ0v) is 9.66. The molecular weight excluding hydrogens is 202 g/mol. The Balaban J connectivity index is 2.76. The van der Waals surface area contributed by atoms with Gasteiger partial charge in [0.25, 0.3) is 0 Å². The van der Waals surface area contributed by atoms with Crippen molar-refractivity contribution in [1.82, 2.24) is 4.98 Å². The van der Waals surface area contributed by atoms with Gasteiger partial charge in [-0.3, -0.25) is 0 Å². The van der Waals surface area contributed by atoms with E-state index >= 15 is 0 Å². The predicted molar refractivity (Wildman–Crippen MR) is 64.0 cm³/mol. The number of fused-ring (bicyclic) bond motifs is 1. The summed E-state index contributed by atoms with van der Waals surface area (Å²) < 4.78 is 0. The second-order valence-electron chi connectivity index (χ2n) is 5.02. The molecule has 0 atom stereocenters. The molecule has 3 heteroatoms. The molecule has 2 rings (SSSR count). The number of carboxylic acids is 1. The van der Waals surface area contributed by atoms with Gasteiger partial charge in [0.1, 0.15) is 0 Å². The van der Waals surface area contributed by atoms with E-state index in [9.17, 15) is 9.90 Å². The van der Waals surface area contributed by atoms with Crippen molar-refractivity contribution in [2.45, 2.75) is 26.2 Å². The molecule has 3 nitrogen and oxygen atoms in total. The van der Waals surface area contributed by atoms with Gasteiger partial charge in [-0.1, -0.05) is 20.8 Å². The number of rotatable bonds is 1. The summed E-state index contributed by atoms with van der Waals surface area (Å²) in [7, 11) is 0. The Morgan fingerprint density at radius 1 is 1.31 bits per heavy atom. The lowest BCUT2D eigenvalue weighted by atomic mass is 9.85. The Morgan fingerprint density at radius 3 is 2.56 bits per heavy atom. The van der Waals surface area contributed by atoms with Crippen LogP contribution in [0.25, 0.3) is 10.9 Å². The molecule has 1 aromatic carbocycles. The van der Waals surface area contributed by atoms with E-state index in [1.165, 1.54) is 0 Å². The standard InChI is InChI=1S/C13H15NO2/c1-13(2,3)8-6-10(12(15)16)9-4-5-14-11(9)7-8/h4-7,14H,1-3H3,(H,15,16). The van der Waals surface area contributed by atoms with Crippen molar-refractivity contribution in [3.05, 3.63) is 35.5 Å². The molecule has 0 saturated heterocycles. The lowest BCUT2D eigenvalue weighted by Gasteiger charge is -2.19. The van der Waals surface area contributed by atoms with Crippen LogP contribution in [-0.4, -0.2) is 16.1 Å². The van der Waals surface area contributed by atoms with Gasteiger partial charge in [0.2, 0.25) is 0 Å². The lowest BCUT2D eigenvalue weighted by Crippen LogP contribution is -2.12. The molecule has 2 aromatic rings. The number of H-pyrrole nitrogens is 1. The van der Waals surface area contributed by atoms with E-state index < -0.39 is 5.97 Å². The van der Waals surface area contributed by atoms with E-state index in [1.54, 1.807) is 18.3 Å². The first-order valence-electron chi connectivity index (χ1n) is 5.24. The Hall–Kier alpha value is -1.77. The molecule has 0 radical (unpaired) electrons. The molecule has 2 N–H and O–H groups in total. The number of hydrogen-bond donors (Lipinski definition) is 2. The summed E-state index contributed by atoms with van der Waals surface area (Å²) in [5.74, 6) is -0.879. The summed E-state index contributed by atoms with van der Waals surface area (Å²) in [6.07, 6.45) is 1.77. The average molecular weight is 217 g/mol. The quantitative estimate of drug-likeness (QED) is 0.770. The van der Waals surface area contributed by atoms with Crippen LogP contribution in [0.4, 0.5) is 0 Å². The maximum absolute atomic E-state index is 11.2. The Kier molecular flexibility index (Phi) is 2.26. The maximum Gasteiger partial charge on any atom is 0.336 e. The number of aromatic amines is 1. The fourth-order valence-electron chi connectivity index (χ4n) is 1.78. The summed E-state index contributed by atoms with van der Waals surface area (Å²) in [6.45, 7) is 6.22. The van der Waals surface area contributed by atoms with E-state index in [2.05, 4.69) is 25.8 Å². The number of benzene rings is 1. The number of nitrogens with one attached hydrogen (secondary N) is 1. The highest BCUT2D eigenvalue weighted by atomic mass is 16.4. The van der Waals surface area contributed by atoms with Crippen LogP contribution in [0.5, 0.6) is 0 Å². The first kappa shape index (κ1) is 10.7. The molecular formula is C13H15NO2. The number of carbonyl (C=O) groups is 1. The van der Waals surface area contributed by atoms with Crippen LogP contribution in [0.2, 0.25) is 0 Å². The third-order valence-corrected chi connectivity index (χ3v) is 2.77. The minimum Gasteiger partial charge on any atom is -0.478 e. The van der Waals surface area contributed by atoms with E-state index in [1.807, 2.05) is 6.07 Å². The second kappa shape index (κ2) is 3.37. The van der Waals surface area contributed by atoms with Crippen molar-refractivity contribution in [3.8, 4) is 0 Å². The highest BCUT2D eigenvalue weighted by Crippen LogP contribution is 2.28. The van der Waals surface area contributed by atoms with Crippen LogP contribution in [0.1, 0.15) is 36.7 Å². The van der Waals surface area contributed by atoms with Crippen LogP contribution in [-0.2, 0) is 5.41 Å². The SMILES string of the molecule is CC(C)(C)c1cc(C(=O)O)c2cc[nH]c2c1. The molecule has 84 valence electrons. The van der Waals surface area contributed by atoms with Gasteiger partial charge in [0.05, 0.1) is 5.56 Å². The summed E-state index contributed by atoms with van der Waals surface area (Å²) in [6, 6.07) is 5.57. The van der Waals surface area contributed by atoms with Crippen LogP contribution < -0.4 is 0 Å². The minimum absolute atomic E-state index is 0.0521. The monoisotopic (exact) mass is 217 g/mol. The molecule has 16 heavy (non-hydrogen) atoms. The van der Waals surface area contributed by atoms with Gasteiger partial charge >= 0.3 is 5.97 Å². The smallest absolute Gasteiger partial charge is 0.336 e. The van der Waals surface area contributed by atoms with Crippen molar-refractivity contribution in [2.24, 2.45) is 0 Å². The number of aromatic nitrogens is 1. The molecule has 0 aliphatic rings. The van der Waals surface area contributed by atoms with Crippen molar-refractivity contribution in [1.29, 1.82) is 0 Å². The third-order valence-electron chi connectivity index (χ3n) is 2.77. The van der Waals surface area contributed by atoms with Crippen LogP contribution in [0.3, 0.4) is 0 Å². The van der Waals surface area contributed by atoms with E-state index in [4.69, 9.17) is 0 Å². The van der Waals surface area contributed by atoms with Gasteiger partial charge in [-0.2, -0.15) is 0 Å². The van der Waals surface area contributed by atoms with Gasteiger partial charge in [-0.15, -0.1) is 0 Å². The van der Waals surface area contributed by atoms with Gasteiger partial charge in [-0.25, -0.2) is 4.79 Å². The third kappa shape index (κ3) is 1.69. The second-order valence-corrected chi connectivity index (χ2v) is 5.02. The number of carboxylic acid groups (broad SMARTS) is 1. The Morgan fingerprint density at radius 2 is 2.00 bits per heavy atom. The summed E-state index contributed by atoms with van der Waals surface area (Å²) in [4.78, 5) is 14.2. The molecule has 0 fully saturated rings. The summed E-state index contributed by atoms with van der Waals surface area (Å²) >= 11 is 0. The zero-order valence-electron chi connectivity index (χ0n) is 9.66. The average Bonchev–Trinajstić information content (AvgIpc) is 2.61. The highest BCUT2D eigenvalue weighted by molar-refractivity contribution is 6.03. The summed E-state index contributed by atoms with van der Waals surface area (Å²) in [5.41, 5.74) is 2.22. The molecule has 0 aliphatic heterocycles. The zero-order chi connectivity index (χ0) is 11.9. The van der Waals surface area contributed by atoms with Crippen LogP contribution in [0.15, 0.2) is 24.4 Å². The molecule has 1 heterocycles. The predicted octanol–water partition coefficient (Wildman–Crippen LogP) is 3.16. The van der Waals surface area contributed by atoms with Crippen molar-refractivity contribution < 1.29 is 9.90 Å². The molecule has 0 saturated carbocycles. The van der Waals surface area contributed by atoms with Gasteiger partial charge < -0.3 is 10.1 Å². The molecule has 0 unspecified atom stereocenters. The van der Waals surface area contributed by atoms with Gasteiger partial charge in [-0.05, 0) is 29.2 Å². The fraction of sp³-hybridized carbons (Fsp3) is 0.308. The van der Waals surface area contributed by atoms with Crippen molar-refractivity contribution in [2.75, 3.05) is 0 Å². The molecule has 0 amide bonds. The van der Waals surface area contributed by atoms with Gasteiger partial charge in [0, 0.05) is 17.1 Å². The van der Waals surface area contributed by atoms with E-state index in [-0.39, 0.29) is 5.41 Å². The van der Waals surface area contributed by atoms with Crippen molar-refractivity contribution in [3.63, 3.8) is 0 Å². The van der Waals surface area contributed by atoms with E-state index in [0.717, 1.165) is 16.5 Å². The first-order chi connectivity index (χ1) is 7.39. The van der Waals surface area contributed by atoms with Crippen LogP contribution >= 0.6 is 0 Å². The maximum atomic E-state index is 11.2. The minimum atomic E-state index is -0.879. The fourth-order valence-corrected chi connectivity index (χ4v) is 1.78. The topological polar surface area (TPSA) is 53.1 Å². The molecule has 0 bridgehead atoms. The number of hydrogen-bond acceptors (Lipinski definition) is 1. The molecule has 1 aromatic heterocycles. The normalized spacial score (nSPS) is 11.9. The van der Waals surface area contributed by atoms with Crippen molar-refractivity contribution >= 4 is 16.9 Å².